The molecule has 2 heteroatoms. The second-order valence-corrected chi connectivity index (χ2v) is 6.57. The first-order valence-corrected chi connectivity index (χ1v) is 7.31. The van der Waals surface area contributed by atoms with Gasteiger partial charge in [-0.15, -0.1) is 0 Å². The molecule has 0 aromatic rings. The van der Waals surface area contributed by atoms with Gasteiger partial charge in [-0.25, -0.2) is 0 Å². The minimum atomic E-state index is 0.365. The lowest BCUT2D eigenvalue weighted by molar-refractivity contribution is 0.165. The van der Waals surface area contributed by atoms with E-state index in [1.165, 1.54) is 38.5 Å². The average molecular weight is 242 g/mol. The molecule has 0 saturated carbocycles. The molecule has 17 heavy (non-hydrogen) atoms. The standard InChI is InChI=1S/C15H34N2/c1-6-7-8-9-10-11-14(12-16)17(5)13-15(2,3)4/h14H,6-13,16H2,1-5H3. The molecule has 0 radical (unpaired) electrons. The van der Waals surface area contributed by atoms with Crippen molar-refractivity contribution in [2.24, 2.45) is 11.1 Å². The number of likely N-dealkylation sites (N-methyl/N-ethyl adjacent to an activating group) is 1. The summed E-state index contributed by atoms with van der Waals surface area (Å²) in [6, 6.07) is 0.566. The number of nitrogens with two attached hydrogens (primary N) is 1. The molecule has 1 atom stereocenters. The monoisotopic (exact) mass is 242 g/mol. The molecule has 104 valence electrons. The third-order valence-electron chi connectivity index (χ3n) is 3.26. The van der Waals surface area contributed by atoms with E-state index < -0.39 is 0 Å². The van der Waals surface area contributed by atoms with Gasteiger partial charge in [0.2, 0.25) is 0 Å². The molecule has 0 heterocycles. The van der Waals surface area contributed by atoms with E-state index in [2.05, 4.69) is 39.6 Å². The molecule has 2 N–H and O–H groups in total. The van der Waals surface area contributed by atoms with Crippen LogP contribution in [-0.4, -0.2) is 31.1 Å². The summed E-state index contributed by atoms with van der Waals surface area (Å²) in [6.45, 7) is 11.1. The highest BCUT2D eigenvalue weighted by Gasteiger charge is 2.19. The predicted molar refractivity (Wildman–Crippen MR) is 78.3 cm³/mol. The Bertz CT molecular complexity index is 172. The zero-order chi connectivity index (χ0) is 13.3. The first kappa shape index (κ1) is 16.9. The van der Waals surface area contributed by atoms with E-state index in [4.69, 9.17) is 5.73 Å². The van der Waals surface area contributed by atoms with Crippen molar-refractivity contribution >= 4 is 0 Å². The zero-order valence-electron chi connectivity index (χ0n) is 12.8. The van der Waals surface area contributed by atoms with Gasteiger partial charge in [0.05, 0.1) is 0 Å². The molecule has 0 aliphatic heterocycles. The average Bonchev–Trinajstić information content (AvgIpc) is 2.20. The van der Waals surface area contributed by atoms with E-state index >= 15 is 0 Å². The van der Waals surface area contributed by atoms with Crippen LogP contribution in [0.1, 0.15) is 66.2 Å². The van der Waals surface area contributed by atoms with Crippen molar-refractivity contribution in [1.82, 2.24) is 4.90 Å². The Morgan fingerprint density at radius 3 is 2.12 bits per heavy atom. The number of unbranched alkanes of at least 4 members (excludes halogenated alkanes) is 4. The van der Waals surface area contributed by atoms with Gasteiger partial charge in [0.1, 0.15) is 0 Å². The second-order valence-electron chi connectivity index (χ2n) is 6.57. The Labute approximate surface area is 109 Å². The fraction of sp³-hybridized carbons (Fsp3) is 1.00. The van der Waals surface area contributed by atoms with Crippen LogP contribution in [0.5, 0.6) is 0 Å². The maximum absolute atomic E-state index is 5.89. The fourth-order valence-corrected chi connectivity index (χ4v) is 2.38. The topological polar surface area (TPSA) is 29.3 Å². The Morgan fingerprint density at radius 1 is 1.06 bits per heavy atom. The molecule has 0 aliphatic rings. The van der Waals surface area contributed by atoms with E-state index in [1.807, 2.05) is 0 Å². The third kappa shape index (κ3) is 9.61. The largest absolute Gasteiger partial charge is 0.329 e. The lowest BCUT2D eigenvalue weighted by Crippen LogP contribution is -2.42. The van der Waals surface area contributed by atoms with Gasteiger partial charge in [-0.1, -0.05) is 59.8 Å². The molecule has 0 bridgehead atoms. The van der Waals surface area contributed by atoms with Gasteiger partial charge in [-0.3, -0.25) is 0 Å². The van der Waals surface area contributed by atoms with Crippen LogP contribution in [0.25, 0.3) is 0 Å². The summed E-state index contributed by atoms with van der Waals surface area (Å²) in [5, 5.41) is 0. The van der Waals surface area contributed by atoms with E-state index in [9.17, 15) is 0 Å². The highest BCUT2D eigenvalue weighted by atomic mass is 15.1. The van der Waals surface area contributed by atoms with Crippen LogP contribution < -0.4 is 5.73 Å². The molecule has 0 aromatic heterocycles. The summed E-state index contributed by atoms with van der Waals surface area (Å²) >= 11 is 0. The lowest BCUT2D eigenvalue weighted by Gasteiger charge is -2.32. The first-order chi connectivity index (χ1) is 7.90. The highest BCUT2D eigenvalue weighted by molar-refractivity contribution is 4.74. The minimum Gasteiger partial charge on any atom is -0.329 e. The Kier molecular flexibility index (Phi) is 8.89. The molecule has 0 aromatic carbocycles. The van der Waals surface area contributed by atoms with Crippen molar-refractivity contribution in [3.63, 3.8) is 0 Å². The normalized spacial score (nSPS) is 14.3. The molecule has 0 amide bonds. The molecular formula is C15H34N2. The number of hydrogen-bond donors (Lipinski definition) is 1. The van der Waals surface area contributed by atoms with Gasteiger partial charge in [-0.2, -0.15) is 0 Å². The molecule has 0 rings (SSSR count). The summed E-state index contributed by atoms with van der Waals surface area (Å²) in [5.41, 5.74) is 6.26. The summed E-state index contributed by atoms with van der Waals surface area (Å²) in [7, 11) is 2.22. The van der Waals surface area contributed by atoms with Gasteiger partial charge in [-0.05, 0) is 18.9 Å². The van der Waals surface area contributed by atoms with Crippen LogP contribution in [0.15, 0.2) is 0 Å². The molecule has 1 unspecified atom stereocenters. The number of rotatable bonds is 9. The summed E-state index contributed by atoms with van der Waals surface area (Å²) in [4.78, 5) is 2.44. The Morgan fingerprint density at radius 2 is 1.65 bits per heavy atom. The molecule has 0 spiro atoms. The van der Waals surface area contributed by atoms with Crippen molar-refractivity contribution < 1.29 is 0 Å². The van der Waals surface area contributed by atoms with Gasteiger partial charge >= 0.3 is 0 Å². The van der Waals surface area contributed by atoms with E-state index in [-0.39, 0.29) is 0 Å². The molecular weight excluding hydrogens is 208 g/mol. The minimum absolute atomic E-state index is 0.365. The van der Waals surface area contributed by atoms with Crippen molar-refractivity contribution in [1.29, 1.82) is 0 Å². The summed E-state index contributed by atoms with van der Waals surface area (Å²) < 4.78 is 0. The Hall–Kier alpha value is -0.0800. The number of hydrogen-bond acceptors (Lipinski definition) is 2. The quantitative estimate of drug-likeness (QED) is 0.625. The van der Waals surface area contributed by atoms with Crippen molar-refractivity contribution in [2.45, 2.75) is 72.3 Å². The van der Waals surface area contributed by atoms with Crippen molar-refractivity contribution in [3.05, 3.63) is 0 Å². The van der Waals surface area contributed by atoms with Crippen molar-refractivity contribution in [2.75, 3.05) is 20.1 Å². The Balaban J connectivity index is 3.81. The van der Waals surface area contributed by atoms with Crippen LogP contribution >= 0.6 is 0 Å². The maximum atomic E-state index is 5.89. The van der Waals surface area contributed by atoms with Crippen LogP contribution in [-0.2, 0) is 0 Å². The molecule has 2 nitrogen and oxygen atoms in total. The molecule has 0 aliphatic carbocycles. The van der Waals surface area contributed by atoms with E-state index in [1.54, 1.807) is 0 Å². The zero-order valence-corrected chi connectivity index (χ0v) is 12.8. The SMILES string of the molecule is CCCCCCCC(CN)N(C)CC(C)(C)C. The van der Waals surface area contributed by atoms with Crippen LogP contribution in [0, 0.1) is 5.41 Å². The predicted octanol–water partition coefficient (Wildman–Crippen LogP) is 3.65. The maximum Gasteiger partial charge on any atom is 0.0215 e. The third-order valence-corrected chi connectivity index (χ3v) is 3.26. The molecule has 0 fully saturated rings. The van der Waals surface area contributed by atoms with Gasteiger partial charge in [0.15, 0.2) is 0 Å². The second kappa shape index (κ2) is 8.93. The van der Waals surface area contributed by atoms with Gasteiger partial charge in [0.25, 0.3) is 0 Å². The summed E-state index contributed by atoms with van der Waals surface area (Å²) in [5.74, 6) is 0. The number of nitrogens with zero attached hydrogens (tertiary/aromatic N) is 1. The summed E-state index contributed by atoms with van der Waals surface area (Å²) in [6.07, 6.45) is 8.04. The fourth-order valence-electron chi connectivity index (χ4n) is 2.38. The van der Waals surface area contributed by atoms with E-state index in [0.29, 0.717) is 11.5 Å². The first-order valence-electron chi connectivity index (χ1n) is 7.31. The van der Waals surface area contributed by atoms with E-state index in [0.717, 1.165) is 13.1 Å². The highest BCUT2D eigenvalue weighted by Crippen LogP contribution is 2.17. The smallest absolute Gasteiger partial charge is 0.0215 e. The van der Waals surface area contributed by atoms with Crippen LogP contribution in [0.4, 0.5) is 0 Å². The molecule has 0 saturated heterocycles. The lowest BCUT2D eigenvalue weighted by atomic mass is 9.95. The van der Waals surface area contributed by atoms with Gasteiger partial charge < -0.3 is 10.6 Å². The van der Waals surface area contributed by atoms with Crippen LogP contribution in [0.2, 0.25) is 0 Å². The van der Waals surface area contributed by atoms with Gasteiger partial charge in [0, 0.05) is 19.1 Å². The van der Waals surface area contributed by atoms with Crippen LogP contribution in [0.3, 0.4) is 0 Å². The van der Waals surface area contributed by atoms with Crippen molar-refractivity contribution in [3.8, 4) is 0 Å².